The van der Waals surface area contributed by atoms with Crippen LogP contribution in [0.2, 0.25) is 0 Å². The topological polar surface area (TPSA) is 68.0 Å². The second-order valence-electron chi connectivity index (χ2n) is 7.86. The monoisotopic (exact) mass is 459 g/mol. The van der Waals surface area contributed by atoms with Gasteiger partial charge in [-0.2, -0.15) is 0 Å². The van der Waals surface area contributed by atoms with Gasteiger partial charge in [0.2, 0.25) is 0 Å². The van der Waals surface area contributed by atoms with E-state index in [1.54, 1.807) is 12.1 Å². The Bertz CT molecular complexity index is 1000. The van der Waals surface area contributed by atoms with Gasteiger partial charge in [-0.1, -0.05) is 61.9 Å². The van der Waals surface area contributed by atoms with Gasteiger partial charge >= 0.3 is 0 Å². The molecule has 3 aromatic rings. The molecule has 1 amide bonds. The fraction of sp³-hybridized carbons (Fsp3) is 0.280. The Labute approximate surface area is 197 Å². The molecule has 0 aliphatic heterocycles. The Hall–Kier alpha value is -2.40. The molecule has 0 spiro atoms. The summed E-state index contributed by atoms with van der Waals surface area (Å²) in [5, 5.41) is 3.11. The third-order valence-electron chi connectivity index (χ3n) is 4.99. The van der Waals surface area contributed by atoms with Crippen LogP contribution in [0.25, 0.3) is 11.1 Å². The predicted molar refractivity (Wildman–Crippen MR) is 134 cm³/mol. The van der Waals surface area contributed by atoms with E-state index in [2.05, 4.69) is 50.4 Å². The summed E-state index contributed by atoms with van der Waals surface area (Å²) < 4.78 is 0. The van der Waals surface area contributed by atoms with Crippen LogP contribution in [0, 0.1) is 19.8 Å². The molecule has 1 aromatic heterocycles. The lowest BCUT2D eigenvalue weighted by molar-refractivity contribution is 0.102. The van der Waals surface area contributed by atoms with Gasteiger partial charge in [0.05, 0.1) is 11.4 Å². The zero-order valence-electron chi connectivity index (χ0n) is 18.4. The number of nitrogens with zero attached hydrogens (tertiary/aromatic N) is 1. The number of hydrogen-bond donors (Lipinski definition) is 2. The van der Waals surface area contributed by atoms with E-state index in [0.29, 0.717) is 18.0 Å². The maximum Gasteiger partial charge on any atom is 0.255 e. The molecule has 6 heteroatoms. The van der Waals surface area contributed by atoms with Gasteiger partial charge in [0.15, 0.2) is 0 Å². The van der Waals surface area contributed by atoms with Crippen molar-refractivity contribution in [3.8, 4) is 11.1 Å². The van der Waals surface area contributed by atoms with Crippen LogP contribution in [-0.4, -0.2) is 10.9 Å². The first-order chi connectivity index (χ1) is 13.9. The first-order valence-electron chi connectivity index (χ1n) is 10.1. The van der Waals surface area contributed by atoms with Crippen molar-refractivity contribution in [2.75, 3.05) is 5.32 Å². The lowest BCUT2D eigenvalue weighted by Gasteiger charge is -2.21. The average Bonchev–Trinajstić information content (AvgIpc) is 2.70. The highest BCUT2D eigenvalue weighted by Crippen LogP contribution is 2.36. The van der Waals surface area contributed by atoms with E-state index in [1.807, 2.05) is 25.1 Å². The van der Waals surface area contributed by atoms with Gasteiger partial charge < -0.3 is 11.1 Å². The highest BCUT2D eigenvalue weighted by molar-refractivity contribution is 6.07. The van der Waals surface area contributed by atoms with Crippen molar-refractivity contribution in [3.05, 3.63) is 82.7 Å². The number of amides is 1. The standard InChI is InChI=1S/C25H29N3O.2ClH/c1-16(2)14-22-21(15-26)23(19-12-10-17(3)11-13-19)24(18(4)27-22)28-25(29)20-8-6-5-7-9-20;;/h5-13,16H,14-15,26H2,1-4H3,(H,28,29);2*1H. The van der Waals surface area contributed by atoms with Crippen LogP contribution < -0.4 is 11.1 Å². The highest BCUT2D eigenvalue weighted by atomic mass is 35.5. The molecule has 0 radical (unpaired) electrons. The van der Waals surface area contributed by atoms with Crippen LogP contribution in [0.1, 0.15) is 46.7 Å². The number of rotatable bonds is 6. The van der Waals surface area contributed by atoms with Gasteiger partial charge in [0.25, 0.3) is 5.91 Å². The van der Waals surface area contributed by atoms with Crippen LogP contribution >= 0.6 is 24.8 Å². The second kappa shape index (κ2) is 11.8. The number of aryl methyl sites for hydroxylation is 2. The van der Waals surface area contributed by atoms with Crippen LogP contribution in [0.4, 0.5) is 5.69 Å². The van der Waals surface area contributed by atoms with Crippen molar-refractivity contribution in [3.63, 3.8) is 0 Å². The summed E-state index contributed by atoms with van der Waals surface area (Å²) in [6, 6.07) is 17.6. The van der Waals surface area contributed by atoms with E-state index in [0.717, 1.165) is 40.2 Å². The molecule has 3 rings (SSSR count). The fourth-order valence-electron chi connectivity index (χ4n) is 3.54. The molecule has 0 atom stereocenters. The summed E-state index contributed by atoms with van der Waals surface area (Å²) >= 11 is 0. The first-order valence-corrected chi connectivity index (χ1v) is 10.1. The molecule has 2 aromatic carbocycles. The molecule has 0 fully saturated rings. The summed E-state index contributed by atoms with van der Waals surface area (Å²) in [4.78, 5) is 17.7. The maximum absolute atomic E-state index is 12.9. The molecule has 0 aliphatic rings. The smallest absolute Gasteiger partial charge is 0.255 e. The van der Waals surface area contributed by atoms with Crippen LogP contribution in [0.15, 0.2) is 54.6 Å². The molecule has 0 aliphatic carbocycles. The van der Waals surface area contributed by atoms with E-state index in [9.17, 15) is 4.79 Å². The predicted octanol–water partition coefficient (Wildman–Crippen LogP) is 6.12. The number of aromatic nitrogens is 1. The largest absolute Gasteiger partial charge is 0.326 e. The lowest BCUT2D eigenvalue weighted by atomic mass is 9.92. The summed E-state index contributed by atoms with van der Waals surface area (Å²) in [7, 11) is 0. The van der Waals surface area contributed by atoms with Gasteiger partial charge in [0, 0.05) is 23.4 Å². The molecule has 3 N–H and O–H groups in total. The number of carbonyl (C=O) groups excluding carboxylic acids is 1. The second-order valence-corrected chi connectivity index (χ2v) is 7.86. The van der Waals surface area contributed by atoms with Gasteiger partial charge in [0.1, 0.15) is 0 Å². The fourth-order valence-corrected chi connectivity index (χ4v) is 3.54. The van der Waals surface area contributed by atoms with Crippen molar-refractivity contribution >= 4 is 36.4 Å². The molecule has 31 heavy (non-hydrogen) atoms. The molecular formula is C25H31Cl2N3O. The zero-order chi connectivity index (χ0) is 21.0. The van der Waals surface area contributed by atoms with Crippen LogP contribution in [0.5, 0.6) is 0 Å². The van der Waals surface area contributed by atoms with E-state index < -0.39 is 0 Å². The lowest BCUT2D eigenvalue weighted by Crippen LogP contribution is -2.18. The number of hydrogen-bond acceptors (Lipinski definition) is 3. The van der Waals surface area contributed by atoms with Gasteiger partial charge in [-0.25, -0.2) is 0 Å². The summed E-state index contributed by atoms with van der Waals surface area (Å²) in [6.07, 6.45) is 0.846. The number of nitrogens with one attached hydrogen (secondary N) is 1. The number of halogens is 2. The number of carbonyl (C=O) groups is 1. The summed E-state index contributed by atoms with van der Waals surface area (Å²) in [5.74, 6) is 0.311. The molecule has 0 saturated heterocycles. The maximum atomic E-state index is 12.9. The Morgan fingerprint density at radius 2 is 1.61 bits per heavy atom. The third kappa shape index (κ3) is 6.30. The van der Waals surface area contributed by atoms with Crippen molar-refractivity contribution in [2.45, 2.75) is 40.7 Å². The third-order valence-corrected chi connectivity index (χ3v) is 4.99. The minimum absolute atomic E-state index is 0. The Morgan fingerprint density at radius 1 is 1.00 bits per heavy atom. The van der Waals surface area contributed by atoms with Crippen molar-refractivity contribution in [2.24, 2.45) is 11.7 Å². The van der Waals surface area contributed by atoms with Gasteiger partial charge in [-0.3, -0.25) is 9.78 Å². The van der Waals surface area contributed by atoms with Crippen molar-refractivity contribution in [1.82, 2.24) is 4.98 Å². The molecule has 0 unspecified atom stereocenters. The number of nitrogens with two attached hydrogens (primary N) is 1. The Balaban J connectivity index is 0.00000240. The average molecular weight is 460 g/mol. The molecule has 4 nitrogen and oxygen atoms in total. The molecule has 166 valence electrons. The van der Waals surface area contributed by atoms with E-state index in [-0.39, 0.29) is 30.7 Å². The molecule has 0 saturated carbocycles. The number of benzene rings is 2. The molecule has 0 bridgehead atoms. The van der Waals surface area contributed by atoms with Gasteiger partial charge in [-0.15, -0.1) is 24.8 Å². The van der Waals surface area contributed by atoms with Gasteiger partial charge in [-0.05, 0) is 49.4 Å². The normalized spacial score (nSPS) is 10.3. The SMILES string of the molecule is Cc1ccc(-c2c(CN)c(CC(C)C)nc(C)c2NC(=O)c2ccccc2)cc1.Cl.Cl. The van der Waals surface area contributed by atoms with Crippen molar-refractivity contribution < 1.29 is 4.79 Å². The first kappa shape index (κ1) is 26.6. The zero-order valence-corrected chi connectivity index (χ0v) is 20.1. The quantitative estimate of drug-likeness (QED) is 0.466. The van der Waals surface area contributed by atoms with Crippen molar-refractivity contribution in [1.29, 1.82) is 0 Å². The van der Waals surface area contributed by atoms with Crippen LogP contribution in [0.3, 0.4) is 0 Å². The minimum atomic E-state index is -0.150. The van der Waals surface area contributed by atoms with Crippen LogP contribution in [-0.2, 0) is 13.0 Å². The highest BCUT2D eigenvalue weighted by Gasteiger charge is 2.21. The van der Waals surface area contributed by atoms with E-state index in [1.165, 1.54) is 5.56 Å². The molecular weight excluding hydrogens is 429 g/mol. The summed E-state index contributed by atoms with van der Waals surface area (Å²) in [6.45, 7) is 8.73. The van der Waals surface area contributed by atoms with E-state index in [4.69, 9.17) is 10.7 Å². The summed E-state index contributed by atoms with van der Waals surface area (Å²) in [5.41, 5.74) is 13.6. The van der Waals surface area contributed by atoms with E-state index >= 15 is 0 Å². The Kier molecular flexibility index (Phi) is 10.2. The number of anilines is 1. The number of pyridine rings is 1. The molecule has 1 heterocycles. The Morgan fingerprint density at radius 3 is 2.16 bits per heavy atom. The minimum Gasteiger partial charge on any atom is -0.326 e.